The normalized spacial score (nSPS) is 16.7. The number of hydrogen-bond acceptors (Lipinski definition) is 5. The van der Waals surface area contributed by atoms with Gasteiger partial charge in [0.25, 0.3) is 5.91 Å². The smallest absolute Gasteiger partial charge is 0.259 e. The minimum absolute atomic E-state index is 0.122. The lowest BCUT2D eigenvalue weighted by Gasteiger charge is -2.17. The van der Waals surface area contributed by atoms with E-state index in [2.05, 4.69) is 17.1 Å². The fourth-order valence-corrected chi connectivity index (χ4v) is 3.09. The van der Waals surface area contributed by atoms with Gasteiger partial charge in [0.1, 0.15) is 5.75 Å². The molecule has 1 saturated heterocycles. The van der Waals surface area contributed by atoms with Gasteiger partial charge in [-0.1, -0.05) is 0 Å². The maximum absolute atomic E-state index is 12.4. The van der Waals surface area contributed by atoms with Crippen LogP contribution in [0.1, 0.15) is 30.1 Å². The molecule has 0 atom stereocenters. The Balaban J connectivity index is 2.26. The second-order valence-electron chi connectivity index (χ2n) is 5.20. The Labute approximate surface area is 136 Å². The standard InChI is InChI=1S/C15H21N3O4S/c1-3-18-8-4-5-11(18)10-17-15(19)13-9-12(23(16,20)21)6-7-14(13)22-2/h6-7,9-10H,3-5,8H2,1-2H3,(H,17,19)(H2,16,20,21)/b11-10+. The van der Waals surface area contributed by atoms with Gasteiger partial charge >= 0.3 is 0 Å². The summed E-state index contributed by atoms with van der Waals surface area (Å²) in [7, 11) is -2.47. The number of amides is 1. The van der Waals surface area contributed by atoms with Crippen LogP contribution in [0.25, 0.3) is 0 Å². The Kier molecular flexibility index (Phi) is 5.27. The molecule has 8 heteroatoms. The Morgan fingerprint density at radius 1 is 1.48 bits per heavy atom. The number of benzene rings is 1. The lowest BCUT2D eigenvalue weighted by Crippen LogP contribution is -2.23. The van der Waals surface area contributed by atoms with E-state index in [1.54, 1.807) is 6.20 Å². The molecule has 0 unspecified atom stereocenters. The van der Waals surface area contributed by atoms with Gasteiger partial charge in [-0.2, -0.15) is 0 Å². The van der Waals surface area contributed by atoms with Crippen molar-refractivity contribution in [3.05, 3.63) is 35.7 Å². The number of allylic oxidation sites excluding steroid dienone is 1. The average molecular weight is 339 g/mol. The summed E-state index contributed by atoms with van der Waals surface area (Å²) < 4.78 is 28.0. The summed E-state index contributed by atoms with van der Waals surface area (Å²) in [4.78, 5) is 14.4. The van der Waals surface area contributed by atoms with Gasteiger partial charge in [0.15, 0.2) is 0 Å². The quantitative estimate of drug-likeness (QED) is 0.834. The summed E-state index contributed by atoms with van der Waals surface area (Å²) in [6.45, 7) is 3.91. The maximum atomic E-state index is 12.4. The highest BCUT2D eigenvalue weighted by Gasteiger charge is 2.18. The summed E-state index contributed by atoms with van der Waals surface area (Å²) in [5, 5.41) is 7.81. The second-order valence-corrected chi connectivity index (χ2v) is 6.76. The predicted molar refractivity (Wildman–Crippen MR) is 86.4 cm³/mol. The highest BCUT2D eigenvalue weighted by molar-refractivity contribution is 7.89. The van der Waals surface area contributed by atoms with E-state index in [1.807, 2.05) is 0 Å². The molecule has 1 amide bonds. The van der Waals surface area contributed by atoms with Crippen molar-refractivity contribution in [3.8, 4) is 5.75 Å². The molecule has 0 aliphatic carbocycles. The molecule has 0 aromatic heterocycles. The number of ether oxygens (including phenoxy) is 1. The van der Waals surface area contributed by atoms with Crippen LogP contribution >= 0.6 is 0 Å². The van der Waals surface area contributed by atoms with E-state index in [-0.39, 0.29) is 16.2 Å². The van der Waals surface area contributed by atoms with Crippen molar-refractivity contribution in [2.75, 3.05) is 20.2 Å². The Bertz CT molecular complexity index is 728. The molecule has 0 bridgehead atoms. The van der Waals surface area contributed by atoms with Gasteiger partial charge < -0.3 is 15.0 Å². The molecule has 1 aromatic carbocycles. The van der Waals surface area contributed by atoms with Crippen molar-refractivity contribution in [2.24, 2.45) is 5.14 Å². The molecule has 1 heterocycles. The fourth-order valence-electron chi connectivity index (χ4n) is 2.55. The first-order valence-electron chi connectivity index (χ1n) is 7.32. The molecule has 23 heavy (non-hydrogen) atoms. The summed E-state index contributed by atoms with van der Waals surface area (Å²) in [5.41, 5.74) is 1.18. The zero-order valence-electron chi connectivity index (χ0n) is 13.2. The number of likely N-dealkylation sites (tertiary alicyclic amines) is 1. The van der Waals surface area contributed by atoms with Gasteiger partial charge in [-0.15, -0.1) is 0 Å². The second kappa shape index (κ2) is 7.01. The monoisotopic (exact) mass is 339 g/mol. The van der Waals surface area contributed by atoms with Crippen LogP contribution in [0.5, 0.6) is 5.75 Å². The molecule has 0 radical (unpaired) electrons. The Morgan fingerprint density at radius 2 is 2.22 bits per heavy atom. The molecular formula is C15H21N3O4S. The molecule has 3 N–H and O–H groups in total. The molecule has 2 rings (SSSR count). The van der Waals surface area contributed by atoms with Crippen LogP contribution in [0.3, 0.4) is 0 Å². The van der Waals surface area contributed by atoms with E-state index in [0.717, 1.165) is 31.6 Å². The summed E-state index contributed by atoms with van der Waals surface area (Å²) >= 11 is 0. The van der Waals surface area contributed by atoms with Crippen molar-refractivity contribution in [1.82, 2.24) is 10.2 Å². The van der Waals surface area contributed by atoms with Crippen LogP contribution in [-0.2, 0) is 10.0 Å². The number of nitrogens with one attached hydrogen (secondary N) is 1. The predicted octanol–water partition coefficient (Wildman–Crippen LogP) is 1.03. The van der Waals surface area contributed by atoms with Gasteiger partial charge in [0, 0.05) is 25.0 Å². The number of nitrogens with zero attached hydrogens (tertiary/aromatic N) is 1. The number of sulfonamides is 1. The van der Waals surface area contributed by atoms with Gasteiger partial charge in [-0.25, -0.2) is 13.6 Å². The lowest BCUT2D eigenvalue weighted by molar-refractivity contribution is 0.0966. The van der Waals surface area contributed by atoms with Crippen molar-refractivity contribution in [1.29, 1.82) is 0 Å². The van der Waals surface area contributed by atoms with E-state index in [9.17, 15) is 13.2 Å². The third-order valence-corrected chi connectivity index (χ3v) is 4.67. The molecule has 1 aromatic rings. The average Bonchev–Trinajstić information content (AvgIpc) is 2.98. The first-order chi connectivity index (χ1) is 10.9. The first-order valence-corrected chi connectivity index (χ1v) is 8.87. The number of rotatable bonds is 5. The van der Waals surface area contributed by atoms with Gasteiger partial charge in [0.2, 0.25) is 10.0 Å². The molecule has 0 saturated carbocycles. The molecule has 0 spiro atoms. The van der Waals surface area contributed by atoms with E-state index >= 15 is 0 Å². The molecular weight excluding hydrogens is 318 g/mol. The minimum atomic E-state index is -3.89. The SMILES string of the molecule is CCN1CCC/C1=C\NC(=O)c1cc(S(N)(=O)=O)ccc1OC. The minimum Gasteiger partial charge on any atom is -0.496 e. The van der Waals surface area contributed by atoms with Crippen molar-refractivity contribution in [3.63, 3.8) is 0 Å². The number of hydrogen-bond donors (Lipinski definition) is 2. The topological polar surface area (TPSA) is 102 Å². The molecule has 1 aliphatic heterocycles. The zero-order valence-corrected chi connectivity index (χ0v) is 14.0. The zero-order chi connectivity index (χ0) is 17.0. The van der Waals surface area contributed by atoms with Crippen molar-refractivity contribution in [2.45, 2.75) is 24.7 Å². The summed E-state index contributed by atoms with van der Waals surface area (Å²) in [6, 6.07) is 3.93. The Morgan fingerprint density at radius 3 is 2.83 bits per heavy atom. The fraction of sp³-hybridized carbons (Fsp3) is 0.400. The van der Waals surface area contributed by atoms with Crippen LogP contribution in [0.4, 0.5) is 0 Å². The third-order valence-electron chi connectivity index (χ3n) is 3.76. The van der Waals surface area contributed by atoms with Crippen molar-refractivity contribution < 1.29 is 17.9 Å². The van der Waals surface area contributed by atoms with E-state index in [0.29, 0.717) is 0 Å². The Hall–Kier alpha value is -2.06. The van der Waals surface area contributed by atoms with Crippen LogP contribution in [-0.4, -0.2) is 39.4 Å². The number of carbonyl (C=O) groups is 1. The van der Waals surface area contributed by atoms with Gasteiger partial charge in [-0.05, 0) is 38.0 Å². The van der Waals surface area contributed by atoms with E-state index in [1.165, 1.54) is 25.3 Å². The maximum Gasteiger partial charge on any atom is 0.259 e. The van der Waals surface area contributed by atoms with Gasteiger partial charge in [0.05, 0.1) is 17.6 Å². The van der Waals surface area contributed by atoms with Crippen LogP contribution in [0.2, 0.25) is 0 Å². The van der Waals surface area contributed by atoms with Gasteiger partial charge in [-0.3, -0.25) is 4.79 Å². The molecule has 1 fully saturated rings. The number of nitrogens with two attached hydrogens (primary N) is 1. The van der Waals surface area contributed by atoms with E-state index < -0.39 is 15.9 Å². The molecule has 126 valence electrons. The largest absolute Gasteiger partial charge is 0.496 e. The van der Waals surface area contributed by atoms with Crippen molar-refractivity contribution >= 4 is 15.9 Å². The molecule has 7 nitrogen and oxygen atoms in total. The van der Waals surface area contributed by atoms with Crippen LogP contribution in [0.15, 0.2) is 35.0 Å². The molecule has 1 aliphatic rings. The highest BCUT2D eigenvalue weighted by atomic mass is 32.2. The number of primary sulfonamides is 1. The first kappa shape index (κ1) is 17.3. The summed E-state index contributed by atoms with van der Waals surface area (Å²) in [6.07, 6.45) is 3.63. The highest BCUT2D eigenvalue weighted by Crippen LogP contribution is 2.23. The lowest BCUT2D eigenvalue weighted by atomic mass is 10.2. The summed E-state index contributed by atoms with van der Waals surface area (Å²) in [5.74, 6) is -0.158. The van der Waals surface area contributed by atoms with Crippen LogP contribution in [0, 0.1) is 0 Å². The van der Waals surface area contributed by atoms with E-state index in [4.69, 9.17) is 9.88 Å². The number of carbonyl (C=O) groups excluding carboxylic acids is 1. The third kappa shape index (κ3) is 4.02. The van der Waals surface area contributed by atoms with Crippen LogP contribution < -0.4 is 15.2 Å². The number of methoxy groups -OCH3 is 1.